The van der Waals surface area contributed by atoms with Crippen molar-refractivity contribution in [2.24, 2.45) is 10.7 Å². The minimum Gasteiger partial charge on any atom is -0.370 e. The second-order valence-corrected chi connectivity index (χ2v) is 5.76. The Bertz CT molecular complexity index is 294. The van der Waals surface area contributed by atoms with Crippen molar-refractivity contribution in [2.45, 2.75) is 63.1 Å². The molecule has 1 atom stereocenters. The topological polar surface area (TPSA) is 53.6 Å². The summed E-state index contributed by atoms with van der Waals surface area (Å²) in [5.41, 5.74) is 5.89. The Morgan fingerprint density at radius 1 is 1.18 bits per heavy atom. The van der Waals surface area contributed by atoms with Crippen LogP contribution in [-0.2, 0) is 0 Å². The number of guanidine groups is 1. The Hall–Kier alpha value is -0.770. The van der Waals surface area contributed by atoms with Crippen LogP contribution in [0, 0.1) is 0 Å². The van der Waals surface area contributed by atoms with Crippen LogP contribution in [0.1, 0.15) is 44.9 Å². The van der Waals surface area contributed by atoms with Crippen LogP contribution in [0.5, 0.6) is 0 Å². The van der Waals surface area contributed by atoms with E-state index < -0.39 is 0 Å². The quantitative estimate of drug-likeness (QED) is 0.567. The summed E-state index contributed by atoms with van der Waals surface area (Å²) in [7, 11) is 0. The van der Waals surface area contributed by atoms with Gasteiger partial charge in [0.2, 0.25) is 0 Å². The first kappa shape index (κ1) is 11.3. The molecule has 4 nitrogen and oxygen atoms in total. The number of likely N-dealkylation sites (tertiary alicyclic amines) is 1. The molecular formula is C13H24N4. The molecule has 0 aromatic heterocycles. The first-order chi connectivity index (χ1) is 8.33. The molecule has 1 unspecified atom stereocenters. The van der Waals surface area contributed by atoms with Crippen LogP contribution in [0.2, 0.25) is 0 Å². The first-order valence-corrected chi connectivity index (χ1v) is 7.15. The van der Waals surface area contributed by atoms with Gasteiger partial charge in [-0.2, -0.15) is 0 Å². The highest BCUT2D eigenvalue weighted by molar-refractivity contribution is 5.78. The van der Waals surface area contributed by atoms with Crippen molar-refractivity contribution >= 4 is 5.96 Å². The number of hydrogen-bond acceptors (Lipinski definition) is 2. The van der Waals surface area contributed by atoms with Crippen molar-refractivity contribution in [3.05, 3.63) is 0 Å². The van der Waals surface area contributed by atoms with Gasteiger partial charge in [0.05, 0.1) is 6.54 Å². The third-order valence-electron chi connectivity index (χ3n) is 4.09. The van der Waals surface area contributed by atoms with E-state index in [1.54, 1.807) is 0 Å². The van der Waals surface area contributed by atoms with Crippen molar-refractivity contribution in [1.82, 2.24) is 10.2 Å². The molecule has 3 fully saturated rings. The van der Waals surface area contributed by atoms with Crippen LogP contribution in [-0.4, -0.2) is 42.1 Å². The molecule has 0 spiro atoms. The molecule has 3 N–H and O–H groups in total. The Balaban J connectivity index is 1.50. The maximum Gasteiger partial charge on any atom is 0.188 e. The van der Waals surface area contributed by atoms with Gasteiger partial charge >= 0.3 is 0 Å². The van der Waals surface area contributed by atoms with E-state index in [2.05, 4.69) is 15.2 Å². The van der Waals surface area contributed by atoms with Gasteiger partial charge < -0.3 is 11.1 Å². The van der Waals surface area contributed by atoms with Crippen LogP contribution < -0.4 is 11.1 Å². The zero-order valence-electron chi connectivity index (χ0n) is 10.6. The van der Waals surface area contributed by atoms with Gasteiger partial charge in [0.15, 0.2) is 5.96 Å². The highest BCUT2D eigenvalue weighted by Gasteiger charge is 2.35. The van der Waals surface area contributed by atoms with Gasteiger partial charge in [-0.3, -0.25) is 9.89 Å². The molecule has 0 amide bonds. The van der Waals surface area contributed by atoms with E-state index in [0.717, 1.165) is 12.6 Å². The van der Waals surface area contributed by atoms with E-state index in [1.165, 1.54) is 51.5 Å². The van der Waals surface area contributed by atoms with Gasteiger partial charge in [-0.25, -0.2) is 0 Å². The van der Waals surface area contributed by atoms with Crippen molar-refractivity contribution in [3.63, 3.8) is 0 Å². The van der Waals surface area contributed by atoms with E-state index in [9.17, 15) is 0 Å². The zero-order chi connectivity index (χ0) is 11.7. The summed E-state index contributed by atoms with van der Waals surface area (Å²) < 4.78 is 0. The first-order valence-electron chi connectivity index (χ1n) is 7.15. The molecule has 4 heteroatoms. The SMILES string of the molecule is NC(=NCC1CCCCN1C1CC1)NC1CC1. The largest absolute Gasteiger partial charge is 0.370 e. The number of nitrogens with two attached hydrogens (primary N) is 1. The van der Waals surface area contributed by atoms with E-state index in [-0.39, 0.29) is 0 Å². The summed E-state index contributed by atoms with van der Waals surface area (Å²) in [6.45, 7) is 2.17. The second kappa shape index (κ2) is 4.84. The van der Waals surface area contributed by atoms with Crippen LogP contribution in [0.15, 0.2) is 4.99 Å². The number of nitrogens with one attached hydrogen (secondary N) is 1. The fourth-order valence-corrected chi connectivity index (χ4v) is 2.79. The lowest BCUT2D eigenvalue weighted by molar-refractivity contribution is 0.144. The molecule has 1 aliphatic heterocycles. The molecule has 1 saturated heterocycles. The zero-order valence-corrected chi connectivity index (χ0v) is 10.6. The molecule has 0 radical (unpaired) electrons. The molecule has 3 aliphatic rings. The molecule has 96 valence electrons. The highest BCUT2D eigenvalue weighted by Crippen LogP contribution is 2.32. The molecule has 3 rings (SSSR count). The normalized spacial score (nSPS) is 31.5. The summed E-state index contributed by atoms with van der Waals surface area (Å²) in [5.74, 6) is 0.661. The van der Waals surface area contributed by atoms with Crippen LogP contribution in [0.4, 0.5) is 0 Å². The maximum atomic E-state index is 5.89. The average molecular weight is 236 g/mol. The molecule has 0 aromatic rings. The lowest BCUT2D eigenvalue weighted by atomic mass is 10.0. The van der Waals surface area contributed by atoms with E-state index in [4.69, 9.17) is 5.73 Å². The summed E-state index contributed by atoms with van der Waals surface area (Å²) in [6, 6.07) is 2.13. The maximum absolute atomic E-state index is 5.89. The summed E-state index contributed by atoms with van der Waals surface area (Å²) in [5, 5.41) is 3.26. The predicted molar refractivity (Wildman–Crippen MR) is 70.0 cm³/mol. The fraction of sp³-hybridized carbons (Fsp3) is 0.923. The van der Waals surface area contributed by atoms with Gasteiger partial charge in [-0.15, -0.1) is 0 Å². The molecule has 2 saturated carbocycles. The molecule has 1 heterocycles. The number of piperidine rings is 1. The Morgan fingerprint density at radius 3 is 2.71 bits per heavy atom. The number of nitrogens with zero attached hydrogens (tertiary/aromatic N) is 2. The average Bonchev–Trinajstić information content (AvgIpc) is 3.20. The number of hydrogen-bond donors (Lipinski definition) is 2. The highest BCUT2D eigenvalue weighted by atomic mass is 15.2. The van der Waals surface area contributed by atoms with Gasteiger partial charge in [-0.05, 0) is 45.1 Å². The predicted octanol–water partition coefficient (Wildman–Crippen LogP) is 1.07. The lowest BCUT2D eigenvalue weighted by Crippen LogP contribution is -2.43. The standard InChI is InChI=1S/C13H24N4/c14-13(16-10-4-5-10)15-9-12-3-1-2-8-17(12)11-6-7-11/h10-12H,1-9H2,(H3,14,15,16). The summed E-state index contributed by atoms with van der Waals surface area (Å²) in [4.78, 5) is 7.21. The lowest BCUT2D eigenvalue weighted by Gasteiger charge is -2.35. The molecule has 0 bridgehead atoms. The summed E-state index contributed by atoms with van der Waals surface area (Å²) >= 11 is 0. The summed E-state index contributed by atoms with van der Waals surface area (Å²) in [6.07, 6.45) is 9.34. The molecule has 2 aliphatic carbocycles. The van der Waals surface area contributed by atoms with Gasteiger partial charge in [0.1, 0.15) is 0 Å². The van der Waals surface area contributed by atoms with Crippen molar-refractivity contribution in [2.75, 3.05) is 13.1 Å². The van der Waals surface area contributed by atoms with Gasteiger partial charge in [0.25, 0.3) is 0 Å². The molecule has 0 aromatic carbocycles. The minimum atomic E-state index is 0.615. The van der Waals surface area contributed by atoms with E-state index in [1.807, 2.05) is 0 Å². The van der Waals surface area contributed by atoms with Gasteiger partial charge in [0, 0.05) is 18.1 Å². The Labute approximate surface area is 104 Å². The number of aliphatic imine (C=N–C) groups is 1. The Morgan fingerprint density at radius 2 is 2.00 bits per heavy atom. The smallest absolute Gasteiger partial charge is 0.188 e. The third kappa shape index (κ3) is 3.12. The van der Waals surface area contributed by atoms with E-state index in [0.29, 0.717) is 18.0 Å². The van der Waals surface area contributed by atoms with Crippen molar-refractivity contribution in [1.29, 1.82) is 0 Å². The van der Waals surface area contributed by atoms with Crippen LogP contribution in [0.25, 0.3) is 0 Å². The fourth-order valence-electron chi connectivity index (χ4n) is 2.79. The minimum absolute atomic E-state index is 0.615. The van der Waals surface area contributed by atoms with Crippen LogP contribution in [0.3, 0.4) is 0 Å². The van der Waals surface area contributed by atoms with Crippen LogP contribution >= 0.6 is 0 Å². The molecule has 17 heavy (non-hydrogen) atoms. The van der Waals surface area contributed by atoms with Gasteiger partial charge in [-0.1, -0.05) is 6.42 Å². The number of rotatable bonds is 4. The monoisotopic (exact) mass is 236 g/mol. The van der Waals surface area contributed by atoms with Crippen molar-refractivity contribution in [3.8, 4) is 0 Å². The van der Waals surface area contributed by atoms with E-state index >= 15 is 0 Å². The van der Waals surface area contributed by atoms with Crippen molar-refractivity contribution < 1.29 is 0 Å². The second-order valence-electron chi connectivity index (χ2n) is 5.76. The third-order valence-corrected chi connectivity index (χ3v) is 4.09. The molecular weight excluding hydrogens is 212 g/mol. The Kier molecular flexibility index (Phi) is 3.23.